The molecule has 0 fully saturated rings. The Balaban J connectivity index is 1.65. The summed E-state index contributed by atoms with van der Waals surface area (Å²) in [7, 11) is 0. The average Bonchev–Trinajstić information content (AvgIpc) is 3.13. The van der Waals surface area contributed by atoms with Crippen molar-refractivity contribution in [3.63, 3.8) is 0 Å². The van der Waals surface area contributed by atoms with Crippen LogP contribution in [0, 0.1) is 20.8 Å². The van der Waals surface area contributed by atoms with Gasteiger partial charge in [0.15, 0.2) is 5.13 Å². The zero-order valence-electron chi connectivity index (χ0n) is 14.3. The van der Waals surface area contributed by atoms with Crippen molar-refractivity contribution in [3.05, 3.63) is 55.4 Å². The molecule has 2 heterocycles. The van der Waals surface area contributed by atoms with Gasteiger partial charge in [-0.05, 0) is 26.3 Å². The molecular formula is C18H19N3O2S2. The van der Waals surface area contributed by atoms with Crippen molar-refractivity contribution in [2.45, 2.75) is 33.7 Å². The van der Waals surface area contributed by atoms with Gasteiger partial charge in [0.1, 0.15) is 0 Å². The fourth-order valence-electron chi connectivity index (χ4n) is 2.63. The van der Waals surface area contributed by atoms with Crippen LogP contribution in [0.15, 0.2) is 33.8 Å². The van der Waals surface area contributed by atoms with E-state index < -0.39 is 0 Å². The van der Waals surface area contributed by atoms with Crippen LogP contribution in [-0.4, -0.2) is 15.5 Å². The first kappa shape index (κ1) is 17.6. The number of carbonyl (C=O) groups is 1. The summed E-state index contributed by atoms with van der Waals surface area (Å²) in [6.07, 6.45) is 0.246. The van der Waals surface area contributed by atoms with Crippen molar-refractivity contribution < 1.29 is 4.79 Å². The second kappa shape index (κ2) is 7.33. The van der Waals surface area contributed by atoms with E-state index in [0.29, 0.717) is 11.7 Å². The first-order valence-corrected chi connectivity index (χ1v) is 9.68. The van der Waals surface area contributed by atoms with E-state index in [2.05, 4.69) is 42.3 Å². The van der Waals surface area contributed by atoms with E-state index in [9.17, 15) is 9.59 Å². The molecule has 1 aromatic carbocycles. The molecule has 3 rings (SSSR count). The van der Waals surface area contributed by atoms with Crippen LogP contribution in [0.3, 0.4) is 0 Å². The standard InChI is InChI=1S/C18H19N3O2S2/c1-11-4-5-14(12(2)8-11)15-10-24-17(19-15)20-16(22)6-7-21-13(3)9-25-18(21)23/h4-5,8-10H,6-7H2,1-3H3,(H,19,20,22). The number of nitrogens with one attached hydrogen (secondary N) is 1. The van der Waals surface area contributed by atoms with Crippen LogP contribution in [0.25, 0.3) is 11.3 Å². The van der Waals surface area contributed by atoms with Crippen molar-refractivity contribution in [2.24, 2.45) is 0 Å². The van der Waals surface area contributed by atoms with Crippen LogP contribution in [-0.2, 0) is 11.3 Å². The molecule has 0 bridgehead atoms. The molecule has 2 aromatic heterocycles. The molecule has 0 atom stereocenters. The SMILES string of the molecule is Cc1ccc(-c2csc(NC(=O)CCn3c(C)csc3=O)n2)c(C)c1. The second-order valence-corrected chi connectivity index (χ2v) is 7.63. The molecule has 7 heteroatoms. The maximum absolute atomic E-state index is 12.1. The van der Waals surface area contributed by atoms with E-state index in [1.54, 1.807) is 9.95 Å². The molecule has 5 nitrogen and oxygen atoms in total. The fourth-order valence-corrected chi connectivity index (χ4v) is 4.11. The van der Waals surface area contributed by atoms with Crippen molar-refractivity contribution in [1.82, 2.24) is 9.55 Å². The molecule has 1 amide bonds. The molecule has 0 aliphatic heterocycles. The van der Waals surface area contributed by atoms with Crippen LogP contribution in [0.4, 0.5) is 5.13 Å². The van der Waals surface area contributed by atoms with Crippen molar-refractivity contribution in [3.8, 4) is 11.3 Å². The lowest BCUT2D eigenvalue weighted by Crippen LogP contribution is -2.20. The summed E-state index contributed by atoms with van der Waals surface area (Å²) in [5, 5.41) is 7.15. The summed E-state index contributed by atoms with van der Waals surface area (Å²) >= 11 is 2.56. The lowest BCUT2D eigenvalue weighted by atomic mass is 10.0. The second-order valence-electron chi connectivity index (χ2n) is 5.95. The summed E-state index contributed by atoms with van der Waals surface area (Å²) in [6, 6.07) is 6.23. The summed E-state index contributed by atoms with van der Waals surface area (Å²) in [5.41, 5.74) is 5.19. The minimum atomic E-state index is -0.140. The lowest BCUT2D eigenvalue weighted by Gasteiger charge is -2.05. The number of nitrogens with zero attached hydrogens (tertiary/aromatic N) is 2. The minimum Gasteiger partial charge on any atom is -0.303 e. The Kier molecular flexibility index (Phi) is 5.15. The molecule has 0 saturated carbocycles. The third kappa shape index (κ3) is 4.05. The van der Waals surface area contributed by atoms with E-state index >= 15 is 0 Å². The van der Waals surface area contributed by atoms with Gasteiger partial charge in [0.2, 0.25) is 5.91 Å². The predicted octanol–water partition coefficient (Wildman–Crippen LogP) is 3.99. The number of hydrogen-bond acceptors (Lipinski definition) is 5. The predicted molar refractivity (Wildman–Crippen MR) is 104 cm³/mol. The Morgan fingerprint density at radius 2 is 2.00 bits per heavy atom. The van der Waals surface area contributed by atoms with Crippen LogP contribution in [0.1, 0.15) is 23.2 Å². The molecule has 0 radical (unpaired) electrons. The van der Waals surface area contributed by atoms with E-state index in [1.165, 1.54) is 16.9 Å². The highest BCUT2D eigenvalue weighted by molar-refractivity contribution is 7.14. The molecule has 0 spiro atoms. The third-order valence-corrected chi connectivity index (χ3v) is 5.59. The van der Waals surface area contributed by atoms with E-state index in [4.69, 9.17) is 0 Å². The van der Waals surface area contributed by atoms with E-state index in [0.717, 1.165) is 33.9 Å². The number of benzene rings is 1. The zero-order valence-corrected chi connectivity index (χ0v) is 16.0. The first-order valence-electron chi connectivity index (χ1n) is 7.92. The number of carbonyl (C=O) groups excluding carboxylic acids is 1. The Morgan fingerprint density at radius 3 is 2.68 bits per heavy atom. The smallest absolute Gasteiger partial charge is 0.303 e. The van der Waals surface area contributed by atoms with Gasteiger partial charge in [0.25, 0.3) is 0 Å². The van der Waals surface area contributed by atoms with Gasteiger partial charge in [-0.3, -0.25) is 9.59 Å². The molecular weight excluding hydrogens is 354 g/mol. The monoisotopic (exact) mass is 373 g/mol. The summed E-state index contributed by atoms with van der Waals surface area (Å²) in [4.78, 5) is 28.3. The number of aromatic nitrogens is 2. The maximum atomic E-state index is 12.1. The molecule has 0 aliphatic carbocycles. The number of anilines is 1. The lowest BCUT2D eigenvalue weighted by molar-refractivity contribution is -0.116. The Bertz CT molecular complexity index is 969. The third-order valence-electron chi connectivity index (χ3n) is 3.95. The summed E-state index contributed by atoms with van der Waals surface area (Å²) < 4.78 is 1.62. The van der Waals surface area contributed by atoms with Gasteiger partial charge < -0.3 is 9.88 Å². The van der Waals surface area contributed by atoms with Crippen LogP contribution < -0.4 is 10.2 Å². The number of amides is 1. The van der Waals surface area contributed by atoms with Crippen LogP contribution >= 0.6 is 22.7 Å². The maximum Gasteiger partial charge on any atom is 0.307 e. The van der Waals surface area contributed by atoms with Crippen molar-refractivity contribution in [2.75, 3.05) is 5.32 Å². The minimum absolute atomic E-state index is 0.0309. The van der Waals surface area contributed by atoms with Gasteiger partial charge in [0.05, 0.1) is 5.69 Å². The molecule has 25 heavy (non-hydrogen) atoms. The van der Waals surface area contributed by atoms with Crippen LogP contribution in [0.5, 0.6) is 0 Å². The van der Waals surface area contributed by atoms with E-state index in [-0.39, 0.29) is 17.2 Å². The van der Waals surface area contributed by atoms with Gasteiger partial charge in [-0.1, -0.05) is 35.1 Å². The van der Waals surface area contributed by atoms with Crippen LogP contribution in [0.2, 0.25) is 0 Å². The number of hydrogen-bond donors (Lipinski definition) is 1. The van der Waals surface area contributed by atoms with Crippen molar-refractivity contribution >= 4 is 33.7 Å². The molecule has 0 saturated heterocycles. The number of thiazole rings is 2. The largest absolute Gasteiger partial charge is 0.307 e. The molecule has 1 N–H and O–H groups in total. The summed E-state index contributed by atoms with van der Waals surface area (Å²) in [6.45, 7) is 6.37. The van der Waals surface area contributed by atoms with Gasteiger partial charge in [-0.25, -0.2) is 4.98 Å². The van der Waals surface area contributed by atoms with E-state index in [1.807, 2.05) is 12.3 Å². The number of rotatable bonds is 5. The Morgan fingerprint density at radius 1 is 1.20 bits per heavy atom. The normalized spacial score (nSPS) is 10.8. The molecule has 130 valence electrons. The van der Waals surface area contributed by atoms with Gasteiger partial charge >= 0.3 is 4.87 Å². The Hall–Kier alpha value is -2.25. The first-order chi connectivity index (χ1) is 11.9. The van der Waals surface area contributed by atoms with Gasteiger partial charge in [0, 0.05) is 35.0 Å². The molecule has 0 aliphatic rings. The molecule has 3 aromatic rings. The fraction of sp³-hybridized carbons (Fsp3) is 0.278. The van der Waals surface area contributed by atoms with Gasteiger partial charge in [-0.15, -0.1) is 11.3 Å². The quantitative estimate of drug-likeness (QED) is 0.735. The highest BCUT2D eigenvalue weighted by Crippen LogP contribution is 2.28. The topological polar surface area (TPSA) is 64.0 Å². The average molecular weight is 374 g/mol. The number of aryl methyl sites for hydroxylation is 3. The summed E-state index contributed by atoms with van der Waals surface area (Å²) in [5.74, 6) is -0.140. The zero-order chi connectivity index (χ0) is 18.0. The molecule has 0 unspecified atom stereocenters. The highest BCUT2D eigenvalue weighted by atomic mass is 32.1. The highest BCUT2D eigenvalue weighted by Gasteiger charge is 2.11. The van der Waals surface area contributed by atoms with Crippen molar-refractivity contribution in [1.29, 1.82) is 0 Å². The Labute approximate surface area is 154 Å². The van der Waals surface area contributed by atoms with Gasteiger partial charge in [-0.2, -0.15) is 0 Å².